The van der Waals surface area contributed by atoms with Crippen LogP contribution >= 0.6 is 0 Å². The number of hydrogen-bond donors (Lipinski definition) is 1. The highest BCUT2D eigenvalue weighted by molar-refractivity contribution is 4.86. The summed E-state index contributed by atoms with van der Waals surface area (Å²) in [6, 6.07) is 0.584. The van der Waals surface area contributed by atoms with Crippen LogP contribution in [0, 0.1) is 10.8 Å². The zero-order valence-electron chi connectivity index (χ0n) is 11.0. The molecule has 0 heterocycles. The van der Waals surface area contributed by atoms with Crippen molar-refractivity contribution in [2.24, 2.45) is 16.6 Å². The van der Waals surface area contributed by atoms with Gasteiger partial charge in [0, 0.05) is 6.04 Å². The van der Waals surface area contributed by atoms with Gasteiger partial charge >= 0.3 is 0 Å². The molecule has 0 aliphatic carbocycles. The van der Waals surface area contributed by atoms with Gasteiger partial charge in [0.15, 0.2) is 0 Å². The van der Waals surface area contributed by atoms with E-state index in [9.17, 15) is 0 Å². The van der Waals surface area contributed by atoms with Crippen LogP contribution in [-0.2, 0) is 0 Å². The van der Waals surface area contributed by atoms with Crippen molar-refractivity contribution in [3.8, 4) is 0 Å². The van der Waals surface area contributed by atoms with Gasteiger partial charge in [-0.3, -0.25) is 0 Å². The Morgan fingerprint density at radius 1 is 1.07 bits per heavy atom. The van der Waals surface area contributed by atoms with E-state index < -0.39 is 0 Å². The van der Waals surface area contributed by atoms with Crippen molar-refractivity contribution in [1.29, 1.82) is 0 Å². The molecule has 14 heavy (non-hydrogen) atoms. The summed E-state index contributed by atoms with van der Waals surface area (Å²) >= 11 is 0. The van der Waals surface area contributed by atoms with Crippen LogP contribution in [-0.4, -0.2) is 31.6 Å². The fourth-order valence-electron chi connectivity index (χ4n) is 1.87. The summed E-state index contributed by atoms with van der Waals surface area (Å²) in [5, 5.41) is 0. The maximum absolute atomic E-state index is 5.78. The first kappa shape index (κ1) is 13.9. The van der Waals surface area contributed by atoms with Crippen molar-refractivity contribution >= 4 is 0 Å². The molecule has 1 atom stereocenters. The normalized spacial score (nSPS) is 16.1. The minimum absolute atomic E-state index is 0.238. The van der Waals surface area contributed by atoms with Crippen LogP contribution in [0.3, 0.4) is 0 Å². The lowest BCUT2D eigenvalue weighted by molar-refractivity contribution is 0.102. The lowest BCUT2D eigenvalue weighted by Gasteiger charge is -2.40. The molecule has 0 bridgehead atoms. The van der Waals surface area contributed by atoms with Crippen LogP contribution in [0.4, 0.5) is 0 Å². The van der Waals surface area contributed by atoms with Crippen molar-refractivity contribution < 1.29 is 0 Å². The highest BCUT2D eigenvalue weighted by Crippen LogP contribution is 2.32. The van der Waals surface area contributed by atoms with Gasteiger partial charge in [0.25, 0.3) is 0 Å². The van der Waals surface area contributed by atoms with Gasteiger partial charge in [-0.25, -0.2) is 0 Å². The van der Waals surface area contributed by atoms with Crippen LogP contribution in [0.25, 0.3) is 0 Å². The van der Waals surface area contributed by atoms with Crippen molar-refractivity contribution in [3.05, 3.63) is 0 Å². The molecule has 0 fully saturated rings. The van der Waals surface area contributed by atoms with Gasteiger partial charge in [0.1, 0.15) is 0 Å². The molecule has 0 spiro atoms. The van der Waals surface area contributed by atoms with E-state index >= 15 is 0 Å². The Labute approximate surface area is 89.9 Å². The summed E-state index contributed by atoms with van der Waals surface area (Å²) in [6.07, 6.45) is 1.15. The first-order valence-electron chi connectivity index (χ1n) is 5.46. The summed E-state index contributed by atoms with van der Waals surface area (Å²) in [4.78, 5) is 2.32. The van der Waals surface area contributed by atoms with Crippen molar-refractivity contribution in [2.45, 2.75) is 47.1 Å². The van der Waals surface area contributed by atoms with Gasteiger partial charge in [0.2, 0.25) is 0 Å². The molecular formula is C12H28N2. The summed E-state index contributed by atoms with van der Waals surface area (Å²) in [6.45, 7) is 12.1. The van der Waals surface area contributed by atoms with Gasteiger partial charge in [-0.05, 0) is 37.9 Å². The summed E-state index contributed by atoms with van der Waals surface area (Å²) < 4.78 is 0. The molecule has 2 nitrogen and oxygen atoms in total. The predicted molar refractivity (Wildman–Crippen MR) is 64.4 cm³/mol. The average Bonchev–Trinajstić information content (AvgIpc) is 1.98. The van der Waals surface area contributed by atoms with E-state index in [4.69, 9.17) is 5.73 Å². The van der Waals surface area contributed by atoms with E-state index in [0.29, 0.717) is 11.5 Å². The molecular weight excluding hydrogens is 172 g/mol. The second-order valence-electron chi connectivity index (χ2n) is 6.42. The minimum Gasteiger partial charge on any atom is -0.330 e. The Balaban J connectivity index is 4.55. The zero-order chi connectivity index (χ0) is 11.6. The Morgan fingerprint density at radius 3 is 1.71 bits per heavy atom. The molecule has 0 amide bonds. The second-order valence-corrected chi connectivity index (χ2v) is 6.42. The first-order chi connectivity index (χ1) is 6.10. The summed E-state index contributed by atoms with van der Waals surface area (Å²) in [7, 11) is 4.31. The molecule has 0 radical (unpaired) electrons. The van der Waals surface area contributed by atoms with E-state index in [-0.39, 0.29) is 5.41 Å². The number of nitrogens with zero attached hydrogens (tertiary/aromatic N) is 1. The summed E-state index contributed by atoms with van der Waals surface area (Å²) in [5.41, 5.74) is 6.33. The topological polar surface area (TPSA) is 29.3 Å². The quantitative estimate of drug-likeness (QED) is 0.755. The van der Waals surface area contributed by atoms with Gasteiger partial charge < -0.3 is 10.6 Å². The molecule has 0 aliphatic rings. The third kappa shape index (κ3) is 4.43. The zero-order valence-corrected chi connectivity index (χ0v) is 11.0. The van der Waals surface area contributed by atoms with Crippen molar-refractivity contribution in [1.82, 2.24) is 4.90 Å². The standard InChI is InChI=1S/C12H28N2/c1-11(2,3)10(14(6)7)8-12(4,5)9-13/h10H,8-9,13H2,1-7H3. The van der Waals surface area contributed by atoms with Crippen molar-refractivity contribution in [3.63, 3.8) is 0 Å². The van der Waals surface area contributed by atoms with E-state index in [2.05, 4.69) is 53.6 Å². The van der Waals surface area contributed by atoms with E-state index in [1.807, 2.05) is 0 Å². The smallest absolute Gasteiger partial charge is 0.0143 e. The molecule has 2 N–H and O–H groups in total. The highest BCUT2D eigenvalue weighted by Gasteiger charge is 2.31. The second kappa shape index (κ2) is 4.63. The lowest BCUT2D eigenvalue weighted by atomic mass is 9.75. The van der Waals surface area contributed by atoms with E-state index in [1.54, 1.807) is 0 Å². The van der Waals surface area contributed by atoms with Crippen LogP contribution < -0.4 is 5.73 Å². The van der Waals surface area contributed by atoms with Gasteiger partial charge in [-0.15, -0.1) is 0 Å². The van der Waals surface area contributed by atoms with Crippen LogP contribution in [0.2, 0.25) is 0 Å². The third-order valence-electron chi connectivity index (χ3n) is 2.92. The third-order valence-corrected chi connectivity index (χ3v) is 2.92. The lowest BCUT2D eigenvalue weighted by Crippen LogP contribution is -2.44. The fraction of sp³-hybridized carbons (Fsp3) is 1.00. The first-order valence-corrected chi connectivity index (χ1v) is 5.46. The van der Waals surface area contributed by atoms with Crippen LogP contribution in [0.1, 0.15) is 41.0 Å². The van der Waals surface area contributed by atoms with Crippen LogP contribution in [0.5, 0.6) is 0 Å². The molecule has 86 valence electrons. The Bertz CT molecular complexity index is 166. The van der Waals surface area contributed by atoms with Gasteiger partial charge in [-0.2, -0.15) is 0 Å². The molecule has 0 aliphatic heterocycles. The Morgan fingerprint density at radius 2 is 1.50 bits per heavy atom. The maximum atomic E-state index is 5.78. The maximum Gasteiger partial charge on any atom is 0.0143 e. The predicted octanol–water partition coefficient (Wildman–Crippen LogP) is 2.34. The number of hydrogen-bond acceptors (Lipinski definition) is 2. The van der Waals surface area contributed by atoms with Crippen molar-refractivity contribution in [2.75, 3.05) is 20.6 Å². The SMILES string of the molecule is CN(C)C(CC(C)(C)CN)C(C)(C)C. The largest absolute Gasteiger partial charge is 0.330 e. The van der Waals surface area contributed by atoms with Crippen LogP contribution in [0.15, 0.2) is 0 Å². The highest BCUT2D eigenvalue weighted by atomic mass is 15.1. The number of rotatable bonds is 4. The fourth-order valence-corrected chi connectivity index (χ4v) is 1.87. The van der Waals surface area contributed by atoms with Gasteiger partial charge in [0.05, 0.1) is 0 Å². The Hall–Kier alpha value is -0.0800. The van der Waals surface area contributed by atoms with E-state index in [0.717, 1.165) is 13.0 Å². The molecule has 0 saturated heterocycles. The molecule has 0 aromatic rings. The molecule has 0 aromatic heterocycles. The molecule has 0 rings (SSSR count). The molecule has 2 heteroatoms. The minimum atomic E-state index is 0.238. The Kier molecular flexibility index (Phi) is 4.60. The average molecular weight is 200 g/mol. The van der Waals surface area contributed by atoms with Gasteiger partial charge in [-0.1, -0.05) is 34.6 Å². The molecule has 0 aromatic carbocycles. The number of nitrogens with two attached hydrogens (primary N) is 1. The summed E-state index contributed by atoms with van der Waals surface area (Å²) in [5.74, 6) is 0. The molecule has 0 saturated carbocycles. The van der Waals surface area contributed by atoms with E-state index in [1.165, 1.54) is 0 Å². The molecule has 1 unspecified atom stereocenters. The monoisotopic (exact) mass is 200 g/mol.